The molecule has 0 bridgehead atoms. The van der Waals surface area contributed by atoms with Crippen molar-refractivity contribution in [2.75, 3.05) is 0 Å². The van der Waals surface area contributed by atoms with Crippen LogP contribution in [0, 0.1) is 5.41 Å². The predicted molar refractivity (Wildman–Crippen MR) is 98.0 cm³/mol. The Balaban J connectivity index is 1.76. The molecule has 1 spiro atoms. The monoisotopic (exact) mass is 333 g/mol. The van der Waals surface area contributed by atoms with Gasteiger partial charge in [0.1, 0.15) is 5.41 Å². The molecule has 0 fully saturated rings. The van der Waals surface area contributed by atoms with Crippen LogP contribution in [0.1, 0.15) is 12.0 Å². The van der Waals surface area contributed by atoms with Gasteiger partial charge in [0.25, 0.3) is 0 Å². The summed E-state index contributed by atoms with van der Waals surface area (Å²) in [6.07, 6.45) is 16.3. The summed E-state index contributed by atoms with van der Waals surface area (Å²) in [6, 6.07) is 10.1. The average molecular weight is 334 g/mol. The molecule has 1 atom stereocenters. The first-order chi connectivity index (χ1) is 11.7. The topological polar surface area (TPSA) is 29.1 Å². The van der Waals surface area contributed by atoms with E-state index in [1.54, 1.807) is 6.20 Å². The first-order valence-corrected chi connectivity index (χ1v) is 8.29. The van der Waals surface area contributed by atoms with Gasteiger partial charge >= 0.3 is 0 Å². The third kappa shape index (κ3) is 2.31. The molecule has 0 aromatic heterocycles. The molecule has 118 valence electrons. The van der Waals surface area contributed by atoms with Gasteiger partial charge in [-0.3, -0.25) is 4.79 Å². The molecule has 3 heteroatoms. The lowest BCUT2D eigenvalue weighted by atomic mass is 9.63. The minimum atomic E-state index is -0.668. The SMILES string of the molecule is O=C1NC=C(C=Cc2ccccc2)C2=CC=CC3=CC(Cl)=CCC132. The number of hydrogen-bond acceptors (Lipinski definition) is 1. The maximum Gasteiger partial charge on any atom is 0.239 e. The maximum atomic E-state index is 12.7. The number of nitrogens with one attached hydrogen (secondary N) is 1. The summed E-state index contributed by atoms with van der Waals surface area (Å²) in [5.41, 5.74) is 3.44. The van der Waals surface area contributed by atoms with Gasteiger partial charge in [-0.15, -0.1) is 0 Å². The fourth-order valence-electron chi connectivity index (χ4n) is 3.47. The van der Waals surface area contributed by atoms with Gasteiger partial charge < -0.3 is 5.32 Å². The predicted octanol–water partition coefficient (Wildman–Crippen LogP) is 4.65. The molecule has 1 unspecified atom stereocenters. The Hall–Kier alpha value is -2.58. The van der Waals surface area contributed by atoms with Gasteiger partial charge in [0.15, 0.2) is 0 Å². The van der Waals surface area contributed by atoms with Gasteiger partial charge in [0.2, 0.25) is 5.91 Å². The van der Waals surface area contributed by atoms with Gasteiger partial charge in [-0.25, -0.2) is 0 Å². The molecular weight excluding hydrogens is 318 g/mol. The van der Waals surface area contributed by atoms with E-state index in [4.69, 9.17) is 11.6 Å². The lowest BCUT2D eigenvalue weighted by molar-refractivity contribution is -0.126. The molecule has 1 aliphatic heterocycles. The Bertz CT molecular complexity index is 884. The molecular formula is C21H16ClNO. The number of benzene rings is 1. The Morgan fingerprint density at radius 3 is 2.83 bits per heavy atom. The molecule has 1 aromatic rings. The van der Waals surface area contributed by atoms with Crippen molar-refractivity contribution in [2.45, 2.75) is 6.42 Å². The minimum Gasteiger partial charge on any atom is -0.331 e. The van der Waals surface area contributed by atoms with Crippen molar-refractivity contribution in [3.63, 3.8) is 0 Å². The van der Waals surface area contributed by atoms with Crippen molar-refractivity contribution >= 4 is 23.6 Å². The van der Waals surface area contributed by atoms with Crippen molar-refractivity contribution in [1.82, 2.24) is 5.32 Å². The Kier molecular flexibility index (Phi) is 3.62. The highest BCUT2D eigenvalue weighted by Crippen LogP contribution is 2.50. The molecule has 24 heavy (non-hydrogen) atoms. The summed E-state index contributed by atoms with van der Waals surface area (Å²) >= 11 is 6.16. The number of rotatable bonds is 2. The zero-order valence-electron chi connectivity index (χ0n) is 13.0. The number of amides is 1. The van der Waals surface area contributed by atoms with Crippen LogP contribution in [0.2, 0.25) is 0 Å². The highest BCUT2D eigenvalue weighted by atomic mass is 35.5. The Morgan fingerprint density at radius 1 is 1.17 bits per heavy atom. The standard InChI is InChI=1S/C21H16ClNO/c22-18-11-12-21-17(13-18)7-4-8-19(21)16(14-23-20(21)24)10-9-15-5-2-1-3-6-15/h1-11,13-14H,12H2,(H,23,24). The normalized spacial score (nSPS) is 25.1. The molecule has 1 N–H and O–H groups in total. The zero-order valence-corrected chi connectivity index (χ0v) is 13.8. The smallest absolute Gasteiger partial charge is 0.239 e. The molecule has 1 amide bonds. The molecule has 0 saturated heterocycles. The number of halogens is 1. The fraction of sp³-hybridized carbons (Fsp3) is 0.0952. The maximum absolute atomic E-state index is 12.7. The molecule has 1 heterocycles. The number of carbonyl (C=O) groups excluding carboxylic acids is 1. The molecule has 3 aliphatic rings. The average Bonchev–Trinajstić information content (AvgIpc) is 2.61. The third-order valence-corrected chi connectivity index (χ3v) is 4.96. The van der Waals surface area contributed by atoms with Crippen LogP contribution in [0.4, 0.5) is 0 Å². The van der Waals surface area contributed by atoms with Crippen molar-refractivity contribution in [2.24, 2.45) is 5.41 Å². The Labute approximate surface area is 146 Å². The van der Waals surface area contributed by atoms with E-state index in [0.29, 0.717) is 11.5 Å². The van der Waals surface area contributed by atoms with Crippen LogP contribution in [0.15, 0.2) is 94.7 Å². The molecule has 2 aliphatic carbocycles. The van der Waals surface area contributed by atoms with Crippen LogP contribution in [-0.2, 0) is 4.79 Å². The second-order valence-corrected chi connectivity index (χ2v) is 6.49. The van der Waals surface area contributed by atoms with E-state index in [-0.39, 0.29) is 5.91 Å². The number of hydrogen-bond donors (Lipinski definition) is 1. The summed E-state index contributed by atoms with van der Waals surface area (Å²) in [5, 5.41) is 3.62. The summed E-state index contributed by atoms with van der Waals surface area (Å²) < 4.78 is 0. The zero-order chi connectivity index (χ0) is 16.6. The van der Waals surface area contributed by atoms with Crippen molar-refractivity contribution < 1.29 is 4.79 Å². The van der Waals surface area contributed by atoms with Gasteiger partial charge in [0.05, 0.1) is 0 Å². The molecule has 0 saturated carbocycles. The van der Waals surface area contributed by atoms with Gasteiger partial charge in [-0.2, -0.15) is 0 Å². The minimum absolute atomic E-state index is 0.00151. The van der Waals surface area contributed by atoms with Gasteiger partial charge in [-0.1, -0.05) is 78.4 Å². The number of carbonyl (C=O) groups is 1. The third-order valence-electron chi connectivity index (χ3n) is 4.70. The van der Waals surface area contributed by atoms with Crippen LogP contribution in [0.3, 0.4) is 0 Å². The van der Waals surface area contributed by atoms with Crippen LogP contribution >= 0.6 is 11.6 Å². The summed E-state index contributed by atoms with van der Waals surface area (Å²) in [6.45, 7) is 0. The van der Waals surface area contributed by atoms with Crippen molar-refractivity contribution in [3.8, 4) is 0 Å². The van der Waals surface area contributed by atoms with Crippen LogP contribution in [0.5, 0.6) is 0 Å². The largest absolute Gasteiger partial charge is 0.331 e. The summed E-state index contributed by atoms with van der Waals surface area (Å²) in [7, 11) is 0. The molecule has 4 rings (SSSR count). The van der Waals surface area contributed by atoms with Crippen molar-refractivity contribution in [3.05, 3.63) is 100 Å². The Morgan fingerprint density at radius 2 is 2.00 bits per heavy atom. The summed E-state index contributed by atoms with van der Waals surface area (Å²) in [4.78, 5) is 12.7. The van der Waals surface area contributed by atoms with Crippen LogP contribution in [-0.4, -0.2) is 5.91 Å². The van der Waals surface area contributed by atoms with E-state index in [9.17, 15) is 4.79 Å². The lowest BCUT2D eigenvalue weighted by Crippen LogP contribution is -2.46. The summed E-state index contributed by atoms with van der Waals surface area (Å²) in [5.74, 6) is 0.00151. The molecule has 1 aromatic carbocycles. The van der Waals surface area contributed by atoms with Crippen LogP contribution in [0.25, 0.3) is 6.08 Å². The second kappa shape index (κ2) is 5.81. The van der Waals surface area contributed by atoms with E-state index in [1.165, 1.54) is 0 Å². The van der Waals surface area contributed by atoms with E-state index in [0.717, 1.165) is 22.3 Å². The quantitative estimate of drug-likeness (QED) is 0.838. The number of allylic oxidation sites excluding steroid dienone is 8. The highest BCUT2D eigenvalue weighted by Gasteiger charge is 2.48. The van der Waals surface area contributed by atoms with Crippen LogP contribution < -0.4 is 5.32 Å². The fourth-order valence-corrected chi connectivity index (χ4v) is 3.66. The van der Waals surface area contributed by atoms with Gasteiger partial charge in [0, 0.05) is 11.2 Å². The second-order valence-electron chi connectivity index (χ2n) is 6.05. The van der Waals surface area contributed by atoms with E-state index < -0.39 is 5.41 Å². The van der Waals surface area contributed by atoms with Gasteiger partial charge in [-0.05, 0) is 34.8 Å². The molecule has 0 radical (unpaired) electrons. The lowest BCUT2D eigenvalue weighted by Gasteiger charge is -2.41. The molecule has 2 nitrogen and oxygen atoms in total. The first kappa shape index (κ1) is 15.0. The van der Waals surface area contributed by atoms with Crippen molar-refractivity contribution in [1.29, 1.82) is 0 Å². The highest BCUT2D eigenvalue weighted by molar-refractivity contribution is 6.31. The first-order valence-electron chi connectivity index (χ1n) is 7.91. The van der Waals surface area contributed by atoms with E-state index in [1.807, 2.05) is 48.6 Å². The van der Waals surface area contributed by atoms with E-state index >= 15 is 0 Å². The van der Waals surface area contributed by atoms with E-state index in [2.05, 4.69) is 29.6 Å².